The lowest BCUT2D eigenvalue weighted by Gasteiger charge is -2.10. The molecule has 0 aliphatic carbocycles. The number of benzene rings is 1. The van der Waals surface area contributed by atoms with E-state index in [2.05, 4.69) is 15.8 Å². The van der Waals surface area contributed by atoms with Crippen LogP contribution in [0.1, 0.15) is 10.4 Å². The number of carboxylic acids is 2. The van der Waals surface area contributed by atoms with Crippen LogP contribution < -0.4 is 16.4 Å². The van der Waals surface area contributed by atoms with Crippen LogP contribution in [0.4, 0.5) is 16.2 Å². The SMILES string of the molecule is N[C@@H](CNC(=O)Nc1cc(N=O)cc(C(=O)O)c1)C(=O)O. The summed E-state index contributed by atoms with van der Waals surface area (Å²) in [7, 11) is 0. The largest absolute Gasteiger partial charge is 0.480 e. The number of rotatable bonds is 6. The van der Waals surface area contributed by atoms with E-state index < -0.39 is 24.0 Å². The minimum atomic E-state index is -1.29. The molecule has 0 radical (unpaired) electrons. The first-order valence-corrected chi connectivity index (χ1v) is 5.58. The minimum absolute atomic E-state index is 0.0193. The Bertz CT molecular complexity index is 588. The number of nitrogens with one attached hydrogen (secondary N) is 2. The van der Waals surface area contributed by atoms with Gasteiger partial charge in [-0.1, -0.05) is 0 Å². The topological polar surface area (TPSA) is 171 Å². The van der Waals surface area contributed by atoms with Gasteiger partial charge in [-0.15, -0.1) is 4.91 Å². The number of carboxylic acid groups (broad SMARTS) is 2. The van der Waals surface area contributed by atoms with E-state index in [9.17, 15) is 19.3 Å². The van der Waals surface area contributed by atoms with Crippen LogP contribution in [0.15, 0.2) is 23.4 Å². The van der Waals surface area contributed by atoms with Crippen molar-refractivity contribution in [3.63, 3.8) is 0 Å². The van der Waals surface area contributed by atoms with Gasteiger partial charge in [-0.05, 0) is 23.4 Å². The molecule has 10 nitrogen and oxygen atoms in total. The number of carbonyl (C=O) groups excluding carboxylic acids is 1. The van der Waals surface area contributed by atoms with E-state index in [-0.39, 0.29) is 23.5 Å². The van der Waals surface area contributed by atoms with Gasteiger partial charge in [0.1, 0.15) is 11.7 Å². The lowest BCUT2D eigenvalue weighted by Crippen LogP contribution is -2.43. The quantitative estimate of drug-likeness (QED) is 0.470. The zero-order valence-electron chi connectivity index (χ0n) is 10.6. The Morgan fingerprint density at radius 1 is 1.24 bits per heavy atom. The third-order valence-electron chi connectivity index (χ3n) is 2.33. The van der Waals surface area contributed by atoms with Crippen LogP contribution in [-0.2, 0) is 4.79 Å². The Morgan fingerprint density at radius 3 is 2.43 bits per heavy atom. The van der Waals surface area contributed by atoms with Gasteiger partial charge < -0.3 is 26.6 Å². The molecule has 0 aromatic heterocycles. The standard InChI is InChI=1S/C11H12N4O6/c12-8(10(18)19)4-13-11(20)14-6-1-5(9(16)17)2-7(3-6)15-21/h1-3,8H,4,12H2,(H,16,17)(H,18,19)(H2,13,14,20)/t8-/m0/s1. The van der Waals surface area contributed by atoms with E-state index >= 15 is 0 Å². The lowest BCUT2D eigenvalue weighted by molar-refractivity contribution is -0.138. The van der Waals surface area contributed by atoms with Gasteiger partial charge in [0.05, 0.1) is 5.56 Å². The van der Waals surface area contributed by atoms with Gasteiger partial charge in [0.15, 0.2) is 0 Å². The lowest BCUT2D eigenvalue weighted by atomic mass is 10.2. The summed E-state index contributed by atoms with van der Waals surface area (Å²) in [4.78, 5) is 43.3. The van der Waals surface area contributed by atoms with Crippen molar-refractivity contribution < 1.29 is 24.6 Å². The Morgan fingerprint density at radius 2 is 1.90 bits per heavy atom. The molecule has 1 rings (SSSR count). The fraction of sp³-hybridized carbons (Fsp3) is 0.182. The molecule has 10 heteroatoms. The summed E-state index contributed by atoms with van der Waals surface area (Å²) >= 11 is 0. The highest BCUT2D eigenvalue weighted by atomic mass is 16.4. The van der Waals surface area contributed by atoms with E-state index in [1.165, 1.54) is 0 Å². The van der Waals surface area contributed by atoms with Gasteiger partial charge >= 0.3 is 18.0 Å². The molecule has 0 unspecified atom stereocenters. The summed E-state index contributed by atoms with van der Waals surface area (Å²) in [5.74, 6) is -2.58. The van der Waals surface area contributed by atoms with Gasteiger partial charge in [-0.2, -0.15) is 0 Å². The highest BCUT2D eigenvalue weighted by molar-refractivity contribution is 5.94. The van der Waals surface area contributed by atoms with Gasteiger partial charge in [0, 0.05) is 12.2 Å². The number of anilines is 1. The fourth-order valence-electron chi connectivity index (χ4n) is 1.32. The summed E-state index contributed by atoms with van der Waals surface area (Å²) in [6, 6.07) is 1.25. The molecule has 1 atom stereocenters. The molecular weight excluding hydrogens is 284 g/mol. The van der Waals surface area contributed by atoms with Crippen LogP contribution in [0.3, 0.4) is 0 Å². The number of amides is 2. The number of nitroso groups, excluding NO2 is 1. The predicted octanol–water partition coefficient (Wildman–Crippen LogP) is 0.316. The first-order chi connectivity index (χ1) is 9.83. The van der Waals surface area contributed by atoms with Crippen LogP contribution >= 0.6 is 0 Å². The van der Waals surface area contributed by atoms with Crippen LogP contribution in [0.25, 0.3) is 0 Å². The molecule has 0 aliphatic heterocycles. The van der Waals surface area contributed by atoms with Gasteiger partial charge in [0.25, 0.3) is 0 Å². The number of nitrogens with zero attached hydrogens (tertiary/aromatic N) is 1. The van der Waals surface area contributed by atoms with Gasteiger partial charge in [-0.25, -0.2) is 9.59 Å². The number of aliphatic carboxylic acids is 1. The fourth-order valence-corrected chi connectivity index (χ4v) is 1.32. The monoisotopic (exact) mass is 296 g/mol. The zero-order valence-corrected chi connectivity index (χ0v) is 10.6. The Labute approximate surface area is 117 Å². The van der Waals surface area contributed by atoms with Crippen molar-refractivity contribution in [3.05, 3.63) is 28.7 Å². The minimum Gasteiger partial charge on any atom is -0.480 e. The molecule has 2 amide bonds. The maximum atomic E-state index is 11.5. The maximum Gasteiger partial charge on any atom is 0.335 e. The molecule has 0 bridgehead atoms. The predicted molar refractivity (Wildman–Crippen MR) is 71.5 cm³/mol. The van der Waals surface area contributed by atoms with E-state index in [0.29, 0.717) is 0 Å². The molecular formula is C11H12N4O6. The molecule has 6 N–H and O–H groups in total. The average Bonchev–Trinajstić information content (AvgIpc) is 2.43. The molecule has 0 fully saturated rings. The van der Waals surface area contributed by atoms with Crippen molar-refractivity contribution in [2.75, 3.05) is 11.9 Å². The molecule has 0 saturated heterocycles. The van der Waals surface area contributed by atoms with Gasteiger partial charge in [-0.3, -0.25) is 4.79 Å². The Hall–Kier alpha value is -3.01. The zero-order chi connectivity index (χ0) is 16.0. The van der Waals surface area contributed by atoms with Crippen molar-refractivity contribution in [1.82, 2.24) is 5.32 Å². The van der Waals surface area contributed by atoms with Crippen LogP contribution in [0.5, 0.6) is 0 Å². The third kappa shape index (κ3) is 4.87. The highest BCUT2D eigenvalue weighted by Crippen LogP contribution is 2.21. The summed E-state index contributed by atoms with van der Waals surface area (Å²) in [6.07, 6.45) is 0. The summed E-state index contributed by atoms with van der Waals surface area (Å²) in [5.41, 5.74) is 4.81. The first-order valence-electron chi connectivity index (χ1n) is 5.58. The summed E-state index contributed by atoms with van der Waals surface area (Å²) < 4.78 is 0. The van der Waals surface area contributed by atoms with Crippen molar-refractivity contribution in [2.24, 2.45) is 10.9 Å². The maximum absolute atomic E-state index is 11.5. The molecule has 0 aliphatic rings. The van der Waals surface area contributed by atoms with Gasteiger partial charge in [0.2, 0.25) is 0 Å². The second-order valence-electron chi connectivity index (χ2n) is 3.94. The number of hydrogen-bond donors (Lipinski definition) is 5. The molecule has 0 saturated carbocycles. The van der Waals surface area contributed by atoms with Crippen molar-refractivity contribution in [2.45, 2.75) is 6.04 Å². The normalized spacial score (nSPS) is 11.3. The van der Waals surface area contributed by atoms with Crippen molar-refractivity contribution >= 4 is 29.3 Å². The molecule has 112 valence electrons. The van der Waals surface area contributed by atoms with Crippen LogP contribution in [-0.4, -0.2) is 40.8 Å². The third-order valence-corrected chi connectivity index (χ3v) is 2.33. The summed E-state index contributed by atoms with van der Waals surface area (Å²) in [5, 5.41) is 24.4. The van der Waals surface area contributed by atoms with E-state index in [4.69, 9.17) is 15.9 Å². The van der Waals surface area contributed by atoms with E-state index in [0.717, 1.165) is 18.2 Å². The molecule has 1 aromatic carbocycles. The highest BCUT2D eigenvalue weighted by Gasteiger charge is 2.13. The Kier molecular flexibility index (Phi) is 5.31. The number of urea groups is 1. The summed E-state index contributed by atoms with van der Waals surface area (Å²) in [6.45, 7) is -0.321. The van der Waals surface area contributed by atoms with Crippen molar-refractivity contribution in [3.8, 4) is 0 Å². The van der Waals surface area contributed by atoms with E-state index in [1.807, 2.05) is 0 Å². The Balaban J connectivity index is 2.75. The second-order valence-corrected chi connectivity index (χ2v) is 3.94. The second kappa shape index (κ2) is 6.96. The van der Waals surface area contributed by atoms with Crippen LogP contribution in [0, 0.1) is 4.91 Å². The number of nitrogens with two attached hydrogens (primary N) is 1. The first kappa shape index (κ1) is 16.0. The number of carbonyl (C=O) groups is 3. The molecule has 0 spiro atoms. The average molecular weight is 296 g/mol. The number of hydrogen-bond acceptors (Lipinski definition) is 6. The smallest absolute Gasteiger partial charge is 0.335 e. The van der Waals surface area contributed by atoms with E-state index in [1.54, 1.807) is 0 Å². The van der Waals surface area contributed by atoms with Crippen molar-refractivity contribution in [1.29, 1.82) is 0 Å². The molecule has 0 heterocycles. The molecule has 21 heavy (non-hydrogen) atoms. The number of aromatic carboxylic acids is 1. The van der Waals surface area contributed by atoms with Crippen LogP contribution in [0.2, 0.25) is 0 Å². The molecule has 1 aromatic rings.